The molecule has 7 heteroatoms. The number of nitrogens with two attached hydrogens (primary N) is 1. The van der Waals surface area contributed by atoms with Gasteiger partial charge in [0.05, 0.1) is 12.4 Å². The summed E-state index contributed by atoms with van der Waals surface area (Å²) in [6, 6.07) is 0. The van der Waals surface area contributed by atoms with E-state index in [0.29, 0.717) is 0 Å². The van der Waals surface area contributed by atoms with Gasteiger partial charge in [0.15, 0.2) is 6.10 Å². The Bertz CT molecular complexity index is 315. The van der Waals surface area contributed by atoms with E-state index in [2.05, 4.69) is 14.7 Å². The minimum absolute atomic E-state index is 0.0110. The third kappa shape index (κ3) is 2.75. The number of anilines is 1. The topological polar surface area (TPSA) is 61.0 Å². The Morgan fingerprint density at radius 2 is 2.07 bits per heavy atom. The molecule has 2 N–H and O–H groups in total. The Kier molecular flexibility index (Phi) is 2.78. The van der Waals surface area contributed by atoms with Gasteiger partial charge >= 0.3 is 6.18 Å². The zero-order valence-electron chi connectivity index (χ0n) is 7.25. The van der Waals surface area contributed by atoms with Gasteiger partial charge in [-0.15, -0.1) is 0 Å². The van der Waals surface area contributed by atoms with E-state index in [-0.39, 0.29) is 11.7 Å². The number of hydrogen-bond acceptors (Lipinski definition) is 4. The summed E-state index contributed by atoms with van der Waals surface area (Å²) in [5.74, 6) is -0.230. The summed E-state index contributed by atoms with van der Waals surface area (Å²) in [4.78, 5) is 7.06. The zero-order valence-corrected chi connectivity index (χ0v) is 7.25. The molecule has 1 atom stereocenters. The van der Waals surface area contributed by atoms with Gasteiger partial charge in [-0.25, -0.2) is 0 Å². The molecule has 0 saturated carbocycles. The molecule has 0 bridgehead atoms. The van der Waals surface area contributed by atoms with Crippen molar-refractivity contribution in [2.45, 2.75) is 19.2 Å². The van der Waals surface area contributed by atoms with E-state index in [9.17, 15) is 13.2 Å². The maximum atomic E-state index is 12.0. The Labute approximate surface area is 77.9 Å². The van der Waals surface area contributed by atoms with Crippen LogP contribution in [-0.2, 0) is 0 Å². The number of ether oxygens (including phenoxy) is 1. The molecule has 14 heavy (non-hydrogen) atoms. The fourth-order valence-corrected chi connectivity index (χ4v) is 0.667. The van der Waals surface area contributed by atoms with Crippen molar-refractivity contribution in [1.82, 2.24) is 9.97 Å². The van der Waals surface area contributed by atoms with Crippen LogP contribution >= 0.6 is 0 Å². The van der Waals surface area contributed by atoms with E-state index in [1.807, 2.05) is 0 Å². The molecule has 4 nitrogen and oxygen atoms in total. The lowest BCUT2D eigenvalue weighted by atomic mass is 10.4. The highest BCUT2D eigenvalue weighted by molar-refractivity contribution is 5.26. The summed E-state index contributed by atoms with van der Waals surface area (Å²) in [5, 5.41) is 0. The monoisotopic (exact) mass is 207 g/mol. The quantitative estimate of drug-likeness (QED) is 0.795. The van der Waals surface area contributed by atoms with Gasteiger partial charge in [-0.05, 0) is 6.92 Å². The number of halogens is 3. The van der Waals surface area contributed by atoms with Crippen molar-refractivity contribution >= 4 is 5.82 Å². The predicted octanol–water partition coefficient (Wildman–Crippen LogP) is 1.39. The Hall–Kier alpha value is -1.53. The van der Waals surface area contributed by atoms with Crippen LogP contribution in [0.2, 0.25) is 0 Å². The predicted molar refractivity (Wildman–Crippen MR) is 42.6 cm³/mol. The molecule has 1 unspecified atom stereocenters. The second-order valence-electron chi connectivity index (χ2n) is 2.58. The van der Waals surface area contributed by atoms with Crippen molar-refractivity contribution < 1.29 is 17.9 Å². The highest BCUT2D eigenvalue weighted by Gasteiger charge is 2.38. The van der Waals surface area contributed by atoms with Crippen molar-refractivity contribution in [2.75, 3.05) is 5.73 Å². The maximum Gasteiger partial charge on any atom is 0.425 e. The summed E-state index contributed by atoms with van der Waals surface area (Å²) in [7, 11) is 0. The van der Waals surface area contributed by atoms with Crippen molar-refractivity contribution in [2.24, 2.45) is 0 Å². The van der Waals surface area contributed by atoms with Crippen LogP contribution in [0, 0.1) is 0 Å². The lowest BCUT2D eigenvalue weighted by Gasteiger charge is -2.16. The fraction of sp³-hybridized carbons (Fsp3) is 0.429. The van der Waals surface area contributed by atoms with Crippen LogP contribution in [0.1, 0.15) is 6.92 Å². The number of nitrogens with zero attached hydrogens (tertiary/aromatic N) is 2. The molecule has 0 aliphatic heterocycles. The van der Waals surface area contributed by atoms with Gasteiger partial charge < -0.3 is 10.5 Å². The third-order valence-corrected chi connectivity index (χ3v) is 1.39. The average molecular weight is 207 g/mol. The van der Waals surface area contributed by atoms with Crippen molar-refractivity contribution in [3.05, 3.63) is 12.4 Å². The molecule has 0 fully saturated rings. The first-order chi connectivity index (χ1) is 6.39. The molecule has 0 spiro atoms. The van der Waals surface area contributed by atoms with E-state index in [1.54, 1.807) is 0 Å². The van der Waals surface area contributed by atoms with Gasteiger partial charge in [0, 0.05) is 0 Å². The lowest BCUT2D eigenvalue weighted by molar-refractivity contribution is -0.190. The van der Waals surface area contributed by atoms with Gasteiger partial charge in [-0.2, -0.15) is 18.2 Å². The number of rotatable bonds is 2. The first-order valence-corrected chi connectivity index (χ1v) is 3.70. The molecule has 1 aromatic heterocycles. The normalized spacial score (nSPS) is 13.7. The van der Waals surface area contributed by atoms with Crippen molar-refractivity contribution in [3.63, 3.8) is 0 Å². The van der Waals surface area contributed by atoms with Gasteiger partial charge in [-0.1, -0.05) is 0 Å². The molecule has 0 aliphatic carbocycles. The van der Waals surface area contributed by atoms with E-state index >= 15 is 0 Å². The molecule has 0 aromatic carbocycles. The third-order valence-electron chi connectivity index (χ3n) is 1.39. The van der Waals surface area contributed by atoms with Crippen LogP contribution in [0.15, 0.2) is 12.4 Å². The highest BCUT2D eigenvalue weighted by Crippen LogP contribution is 2.23. The molecule has 1 rings (SSSR count). The fourth-order valence-electron chi connectivity index (χ4n) is 0.667. The molecule has 1 aromatic rings. The van der Waals surface area contributed by atoms with Gasteiger partial charge in [-0.3, -0.25) is 4.98 Å². The van der Waals surface area contributed by atoms with Crippen LogP contribution < -0.4 is 10.5 Å². The Balaban J connectivity index is 2.70. The molecule has 0 saturated heterocycles. The van der Waals surface area contributed by atoms with Crippen LogP contribution in [0.5, 0.6) is 5.88 Å². The van der Waals surface area contributed by atoms with Gasteiger partial charge in [0.2, 0.25) is 5.88 Å². The van der Waals surface area contributed by atoms with E-state index in [1.165, 1.54) is 6.20 Å². The van der Waals surface area contributed by atoms with Crippen molar-refractivity contribution in [3.8, 4) is 5.88 Å². The second kappa shape index (κ2) is 3.69. The summed E-state index contributed by atoms with van der Waals surface area (Å²) in [5.41, 5.74) is 5.21. The SMILES string of the molecule is CC(Oc1cncc(N)n1)C(F)(F)F. The molecule has 0 radical (unpaired) electrons. The molecule has 0 amide bonds. The largest absolute Gasteiger partial charge is 0.464 e. The number of alkyl halides is 3. The summed E-state index contributed by atoms with van der Waals surface area (Å²) >= 11 is 0. The molecular weight excluding hydrogens is 199 g/mol. The lowest BCUT2D eigenvalue weighted by Crippen LogP contribution is -2.31. The van der Waals surface area contributed by atoms with Gasteiger partial charge in [0.1, 0.15) is 5.82 Å². The number of hydrogen-bond donors (Lipinski definition) is 1. The summed E-state index contributed by atoms with van der Waals surface area (Å²) in [6.07, 6.45) is -4.07. The highest BCUT2D eigenvalue weighted by atomic mass is 19.4. The van der Waals surface area contributed by atoms with E-state index in [0.717, 1.165) is 13.1 Å². The summed E-state index contributed by atoms with van der Waals surface area (Å²) < 4.78 is 40.6. The molecular formula is C7H8F3N3O. The maximum absolute atomic E-state index is 12.0. The Morgan fingerprint density at radius 1 is 1.43 bits per heavy atom. The minimum atomic E-state index is -4.42. The molecule has 78 valence electrons. The van der Waals surface area contributed by atoms with Crippen molar-refractivity contribution in [1.29, 1.82) is 0 Å². The van der Waals surface area contributed by atoms with Crippen LogP contribution in [-0.4, -0.2) is 22.2 Å². The summed E-state index contributed by atoms with van der Waals surface area (Å²) in [6.45, 7) is 0.880. The first kappa shape index (κ1) is 10.6. The van der Waals surface area contributed by atoms with Crippen LogP contribution in [0.25, 0.3) is 0 Å². The van der Waals surface area contributed by atoms with E-state index < -0.39 is 12.3 Å². The zero-order chi connectivity index (χ0) is 10.8. The van der Waals surface area contributed by atoms with E-state index in [4.69, 9.17) is 5.73 Å². The average Bonchev–Trinajstić information content (AvgIpc) is 2.02. The first-order valence-electron chi connectivity index (χ1n) is 3.70. The van der Waals surface area contributed by atoms with Crippen LogP contribution in [0.3, 0.4) is 0 Å². The minimum Gasteiger partial charge on any atom is -0.464 e. The molecule has 0 aliphatic rings. The number of aromatic nitrogens is 2. The second-order valence-corrected chi connectivity index (χ2v) is 2.58. The standard InChI is InChI=1S/C7H8F3N3O/c1-4(7(8,9)10)14-6-3-12-2-5(11)13-6/h2-4H,1H3,(H2,11,13). The number of nitrogen functional groups attached to an aromatic ring is 1. The smallest absolute Gasteiger partial charge is 0.425 e. The Morgan fingerprint density at radius 3 is 2.57 bits per heavy atom. The van der Waals surface area contributed by atoms with Crippen LogP contribution in [0.4, 0.5) is 19.0 Å². The molecule has 1 heterocycles. The van der Waals surface area contributed by atoms with Gasteiger partial charge in [0.25, 0.3) is 0 Å².